The molecule has 9 N–H and O–H groups in total. The molecule has 3 aliphatic carbocycles. The van der Waals surface area contributed by atoms with Crippen molar-refractivity contribution in [2.75, 3.05) is 51.5 Å². The van der Waals surface area contributed by atoms with Crippen molar-refractivity contribution in [3.05, 3.63) is 153 Å². The summed E-state index contributed by atoms with van der Waals surface area (Å²) in [6.07, 6.45) is 2.91. The predicted molar refractivity (Wildman–Crippen MR) is 349 cm³/mol. The van der Waals surface area contributed by atoms with Gasteiger partial charge in [0.1, 0.15) is 52.4 Å². The van der Waals surface area contributed by atoms with E-state index in [-0.39, 0.29) is 81.3 Å². The van der Waals surface area contributed by atoms with Crippen molar-refractivity contribution in [2.24, 2.45) is 16.2 Å². The smallest absolute Gasteiger partial charge is 0.392 e. The maximum Gasteiger partial charge on any atom is 0.416 e. The Labute approximate surface area is 538 Å². The summed E-state index contributed by atoms with van der Waals surface area (Å²) < 4.78 is 66.7. The van der Waals surface area contributed by atoms with E-state index in [1.54, 1.807) is 11.3 Å². The predicted octanol–water partition coefficient (Wildman–Crippen LogP) is 13.1. The third-order valence-corrected chi connectivity index (χ3v) is 18.3. The van der Waals surface area contributed by atoms with Gasteiger partial charge in [0.2, 0.25) is 17.8 Å². The van der Waals surface area contributed by atoms with Gasteiger partial charge in [0.15, 0.2) is 0 Å². The van der Waals surface area contributed by atoms with E-state index in [9.17, 15) is 53.1 Å². The summed E-state index contributed by atoms with van der Waals surface area (Å²) >= 11 is 7.60. The fourth-order valence-electron chi connectivity index (χ4n) is 10.1. The summed E-state index contributed by atoms with van der Waals surface area (Å²) in [6.45, 7) is 19.6. The number of aliphatic hydroxyl groups excluding tert-OH is 3. The van der Waals surface area contributed by atoms with E-state index in [4.69, 9.17) is 11.6 Å². The molecule has 3 aliphatic rings. The molecule has 0 bridgehead atoms. The summed E-state index contributed by atoms with van der Waals surface area (Å²) in [7, 11) is 0. The van der Waals surface area contributed by atoms with Crippen LogP contribution in [0.5, 0.6) is 0 Å². The van der Waals surface area contributed by atoms with Crippen molar-refractivity contribution < 1.29 is 41.6 Å². The van der Waals surface area contributed by atoms with E-state index in [0.717, 1.165) is 34.7 Å². The molecule has 3 fully saturated rings. The molecule has 6 atom stereocenters. The Morgan fingerprint density at radius 2 is 1.03 bits per heavy atom. The maximum absolute atomic E-state index is 13.7. The lowest BCUT2D eigenvalue weighted by atomic mass is 9.64. The highest BCUT2D eigenvalue weighted by molar-refractivity contribution is 7.15. The summed E-state index contributed by atoms with van der Waals surface area (Å²) in [5.74, 6) is -1.15. The van der Waals surface area contributed by atoms with Gasteiger partial charge in [-0.1, -0.05) is 96.1 Å². The minimum absolute atomic E-state index is 0. The highest BCUT2D eigenvalue weighted by Crippen LogP contribution is 2.45. The zero-order valence-electron chi connectivity index (χ0n) is 51.5. The normalized spacial score (nSPS) is 19.8. The van der Waals surface area contributed by atoms with Gasteiger partial charge in [-0.2, -0.15) is 43.9 Å². The maximum atomic E-state index is 13.7. The van der Waals surface area contributed by atoms with Gasteiger partial charge in [0.25, 0.3) is 5.92 Å². The Bertz CT molecular complexity index is 3830. The SMILES string of the molecule is C=C(CNc1ncc(C#N)c(N[C@@H]2C[C@H](O)C2(C)C)n1)c1ccc(Cl)cc1.CC(F)(F)c1cc(CCNc2ncc(C#N)c(N[C@@H]3C[C@H](O)C3(C)C)n2)cc(C(F)(F)F)c1.Cc1ncc(-c2ccc(CCNc3ncc(C#N)c(N[C@@H]4C[C@H](O)C4(C)C)n3)cc2)s1.[HH].[HH].[HH]. The van der Waals surface area contributed by atoms with Crippen LogP contribution in [0.25, 0.3) is 16.0 Å². The van der Waals surface area contributed by atoms with Crippen molar-refractivity contribution in [3.63, 3.8) is 0 Å². The third kappa shape index (κ3) is 16.9. The van der Waals surface area contributed by atoms with E-state index >= 15 is 0 Å². The second-order valence-corrected chi connectivity index (χ2v) is 26.2. The molecular weight excluding hydrogens is 1220 g/mol. The van der Waals surface area contributed by atoms with Crippen LogP contribution in [0.15, 0.2) is 98.1 Å². The lowest BCUT2D eigenvalue weighted by Gasteiger charge is -2.49. The van der Waals surface area contributed by atoms with Crippen molar-refractivity contribution >= 4 is 63.8 Å². The Morgan fingerprint density at radius 1 is 0.615 bits per heavy atom. The number of nitrogens with one attached hydrogen (secondary N) is 6. The molecule has 10 rings (SSSR count). The molecule has 7 aromatic rings. The molecule has 4 heterocycles. The van der Waals surface area contributed by atoms with Crippen molar-refractivity contribution in [3.8, 4) is 28.6 Å². The number of aryl methyl sites for hydroxylation is 1. The number of hydrogen-bond acceptors (Lipinski definition) is 20. The van der Waals surface area contributed by atoms with Crippen molar-refractivity contribution in [1.29, 1.82) is 15.8 Å². The minimum Gasteiger partial charge on any atom is -0.392 e. The highest BCUT2D eigenvalue weighted by atomic mass is 35.5. The van der Waals surface area contributed by atoms with E-state index in [1.165, 1.54) is 34.6 Å². The van der Waals surface area contributed by atoms with Gasteiger partial charge in [0, 0.05) is 82.0 Å². The topological polar surface area (TPSA) is 294 Å². The number of nitrogens with zero attached hydrogens (tertiary/aromatic N) is 10. The third-order valence-electron chi connectivity index (χ3n) is 17.1. The van der Waals surface area contributed by atoms with E-state index < -0.39 is 34.7 Å². The van der Waals surface area contributed by atoms with Gasteiger partial charge < -0.3 is 47.2 Å². The average molecular weight is 1290 g/mol. The van der Waals surface area contributed by atoms with Crippen LogP contribution in [0.1, 0.15) is 122 Å². The fourth-order valence-corrected chi connectivity index (χ4v) is 11.0. The number of anilines is 6. The van der Waals surface area contributed by atoms with Crippen LogP contribution in [0, 0.1) is 57.2 Å². The van der Waals surface area contributed by atoms with Gasteiger partial charge >= 0.3 is 6.18 Å². The number of aromatic nitrogens is 7. The van der Waals surface area contributed by atoms with Crippen LogP contribution in [0.3, 0.4) is 0 Å². The lowest BCUT2D eigenvalue weighted by molar-refractivity contribution is -0.137. The van der Waals surface area contributed by atoms with E-state index in [2.05, 4.69) is 110 Å². The number of thiazole rings is 1. The first-order valence-corrected chi connectivity index (χ1v) is 30.5. The molecule has 3 aromatic carbocycles. The molecule has 19 nitrogen and oxygen atoms in total. The molecule has 91 heavy (non-hydrogen) atoms. The number of halogens is 6. The Morgan fingerprint density at radius 3 is 1.41 bits per heavy atom. The Hall–Kier alpha value is -8.64. The van der Waals surface area contributed by atoms with Crippen LogP contribution in [-0.2, 0) is 24.9 Å². The van der Waals surface area contributed by atoms with Gasteiger partial charge in [0.05, 0.1) is 52.4 Å². The largest absolute Gasteiger partial charge is 0.416 e. The standard InChI is InChI=1S/C23H26N6OS.C22H24F5N5O.C20H22ClN5O.3H2/c1-14-26-13-18(31-14)16-6-4-15(5-7-16)8-9-25-22-27-12-17(11-24)21(29-22)28-19-10-20(30)23(19,2)3;1-20(2)16(9-17(20)33)31-18-13(10-28)11-30-19(32-18)29-5-4-12-6-14(21(3,23)24)8-15(7-12)22(25,26)27;1-12(13-4-6-15(21)7-5-13)10-23-19-24-11-14(9-22)18(26-19)25-16-8-17(27)20(16,2)3;;;/h4-7,12-13,19-20,30H,8-10H2,1-3H3,(H2,25,27,28,29);6-8,11,16-17,33H,4-5,9H2,1-3H3,(H2,29,30,31,32);4-7,11,16-17,27H,1,8,10H2,2-3H3,(H2,23,24,25,26);3*1H/t19-,20+;2*16-,17+;;;/m111.../s1. The number of hydrogen-bond donors (Lipinski definition) is 9. The number of aliphatic hydroxyl groups is 3. The van der Waals surface area contributed by atoms with E-state index in [1.807, 2.05) is 85.0 Å². The second-order valence-electron chi connectivity index (χ2n) is 24.6. The molecule has 0 radical (unpaired) electrons. The summed E-state index contributed by atoms with van der Waals surface area (Å²) in [6, 6.07) is 24.5. The number of nitriles is 3. The number of alkyl halides is 5. The molecule has 4 aromatic heterocycles. The zero-order valence-corrected chi connectivity index (χ0v) is 53.1. The van der Waals surface area contributed by atoms with Crippen molar-refractivity contribution in [2.45, 2.75) is 136 Å². The van der Waals surface area contributed by atoms with Crippen LogP contribution in [0.4, 0.5) is 57.3 Å². The molecule has 0 saturated heterocycles. The first-order valence-electron chi connectivity index (χ1n) is 29.3. The van der Waals surface area contributed by atoms with Crippen LogP contribution in [0.2, 0.25) is 5.02 Å². The number of rotatable bonds is 20. The first kappa shape index (κ1) is 68.3. The monoisotopic (exact) mass is 1290 g/mol. The summed E-state index contributed by atoms with van der Waals surface area (Å²) in [5, 5.41) is 78.5. The summed E-state index contributed by atoms with van der Waals surface area (Å²) in [4.78, 5) is 31.2. The van der Waals surface area contributed by atoms with Crippen molar-refractivity contribution in [1.82, 2.24) is 34.9 Å². The molecule has 0 spiro atoms. The lowest BCUT2D eigenvalue weighted by Crippen LogP contribution is -2.57. The summed E-state index contributed by atoms with van der Waals surface area (Å²) in [5.41, 5.74) is 2.52. The molecule has 26 heteroatoms. The van der Waals surface area contributed by atoms with Gasteiger partial charge in [-0.25, -0.2) is 28.7 Å². The molecule has 0 amide bonds. The minimum atomic E-state index is -4.75. The van der Waals surface area contributed by atoms with Crippen LogP contribution < -0.4 is 31.9 Å². The van der Waals surface area contributed by atoms with Crippen LogP contribution >= 0.6 is 22.9 Å². The second kappa shape index (κ2) is 28.3. The molecular formula is C65H78ClF5N16O3S. The fraction of sp³-hybridized carbons (Fsp3) is 0.415. The van der Waals surface area contributed by atoms with Gasteiger partial charge in [-0.15, -0.1) is 11.3 Å². The zero-order chi connectivity index (χ0) is 66.2. The average Bonchev–Trinajstić information content (AvgIpc) is 1.000. The van der Waals surface area contributed by atoms with Gasteiger partial charge in [-0.3, -0.25) is 0 Å². The van der Waals surface area contributed by atoms with E-state index in [0.29, 0.717) is 85.0 Å². The van der Waals surface area contributed by atoms with Gasteiger partial charge in [-0.05, 0) is 97.2 Å². The first-order chi connectivity index (χ1) is 42.9. The highest BCUT2D eigenvalue weighted by Gasteiger charge is 2.49. The quantitative estimate of drug-likeness (QED) is 0.0320. The molecule has 3 saturated carbocycles. The Balaban J connectivity index is 0.000000253. The molecule has 484 valence electrons. The number of benzene rings is 3. The van der Waals surface area contributed by atoms with Crippen LogP contribution in [-0.4, -0.2) is 106 Å². The Kier molecular flexibility index (Phi) is 21.2. The molecule has 0 aliphatic heterocycles. The molecule has 0 unspecified atom stereocenters.